The van der Waals surface area contributed by atoms with Gasteiger partial charge in [0, 0.05) is 25.0 Å². The van der Waals surface area contributed by atoms with Crippen LogP contribution in [0, 0.1) is 10.1 Å². The number of carbonyl (C=O) groups excluding carboxylic acids is 1. The summed E-state index contributed by atoms with van der Waals surface area (Å²) in [5.74, 6) is 0.175. The lowest BCUT2D eigenvalue weighted by Crippen LogP contribution is -2.23. The minimum absolute atomic E-state index is 0.0850. The number of nitro groups is 1. The van der Waals surface area contributed by atoms with Crippen LogP contribution in [0.4, 0.5) is 10.5 Å². The number of hydrogen-bond acceptors (Lipinski definition) is 8. The molecule has 0 bridgehead atoms. The highest BCUT2D eigenvalue weighted by Crippen LogP contribution is 2.29. The molecule has 1 aromatic carbocycles. The van der Waals surface area contributed by atoms with Crippen LogP contribution in [0.3, 0.4) is 0 Å². The minimum atomic E-state index is -0.864. The van der Waals surface area contributed by atoms with Crippen molar-refractivity contribution in [1.82, 2.24) is 0 Å². The maximum atomic E-state index is 11.8. The van der Waals surface area contributed by atoms with E-state index >= 15 is 0 Å². The first-order valence-corrected chi connectivity index (χ1v) is 7.05. The van der Waals surface area contributed by atoms with Crippen LogP contribution in [0.15, 0.2) is 24.3 Å². The number of carbonyl (C=O) groups is 1. The fourth-order valence-electron chi connectivity index (χ4n) is 2.56. The summed E-state index contributed by atoms with van der Waals surface area (Å²) < 4.78 is 26.2. The minimum Gasteiger partial charge on any atom is -0.430 e. The molecule has 1 aliphatic carbocycles. The maximum Gasteiger partial charge on any atom is 0.514 e. The van der Waals surface area contributed by atoms with E-state index in [1.807, 2.05) is 0 Å². The Bertz CT molecular complexity index is 561. The third-order valence-electron chi connectivity index (χ3n) is 3.65. The zero-order chi connectivity index (χ0) is 16.2. The van der Waals surface area contributed by atoms with Crippen LogP contribution >= 0.6 is 0 Å². The maximum absolute atomic E-state index is 11.8. The van der Waals surface area contributed by atoms with E-state index < -0.39 is 11.1 Å². The monoisotopic (exact) mass is 325 g/mol. The van der Waals surface area contributed by atoms with Gasteiger partial charge in [0.15, 0.2) is 0 Å². The molecule has 0 radical (unpaired) electrons. The van der Waals surface area contributed by atoms with E-state index in [9.17, 15) is 14.9 Å². The van der Waals surface area contributed by atoms with Gasteiger partial charge in [-0.3, -0.25) is 10.1 Å². The van der Waals surface area contributed by atoms with Crippen LogP contribution in [0.1, 0.15) is 12.8 Å². The highest BCUT2D eigenvalue weighted by molar-refractivity contribution is 5.64. The normalized spacial score (nSPS) is 26.9. The van der Waals surface area contributed by atoms with Gasteiger partial charge in [-0.25, -0.2) is 4.79 Å². The average molecular weight is 325 g/mol. The summed E-state index contributed by atoms with van der Waals surface area (Å²) >= 11 is 0. The zero-order valence-electron chi connectivity index (χ0n) is 12.1. The van der Waals surface area contributed by atoms with Crippen LogP contribution in [-0.2, 0) is 18.9 Å². The highest BCUT2D eigenvalue weighted by Gasteiger charge is 2.39. The van der Waals surface area contributed by atoms with Gasteiger partial charge in [0.2, 0.25) is 0 Å². The number of nitro benzene ring substituents is 1. The Morgan fingerprint density at radius 1 is 1.13 bits per heavy atom. The Morgan fingerprint density at radius 3 is 2.30 bits per heavy atom. The summed E-state index contributed by atoms with van der Waals surface area (Å²) in [5, 5.41) is 10.6. The predicted octanol–water partition coefficient (Wildman–Crippen LogP) is 1.99. The fourth-order valence-corrected chi connectivity index (χ4v) is 2.56. The number of fused-ring (bicyclic) bond motifs is 1. The first-order chi connectivity index (χ1) is 11.1. The fraction of sp³-hybridized carbons (Fsp3) is 0.500. The van der Waals surface area contributed by atoms with Crippen LogP contribution in [0.25, 0.3) is 0 Å². The molecule has 1 saturated heterocycles. The summed E-state index contributed by atoms with van der Waals surface area (Å²) in [6, 6.07) is 5.17. The summed E-state index contributed by atoms with van der Waals surface area (Å²) in [7, 11) is 0. The number of ether oxygens (including phenoxy) is 5. The smallest absolute Gasteiger partial charge is 0.430 e. The molecule has 1 aromatic rings. The molecule has 0 unspecified atom stereocenters. The lowest BCUT2D eigenvalue weighted by Gasteiger charge is -2.12. The molecule has 0 N–H and O–H groups in total. The van der Waals surface area contributed by atoms with Crippen LogP contribution in [0.5, 0.6) is 5.75 Å². The lowest BCUT2D eigenvalue weighted by molar-refractivity contribution is -0.384. The van der Waals surface area contributed by atoms with Gasteiger partial charge in [0.25, 0.3) is 5.69 Å². The van der Waals surface area contributed by atoms with E-state index in [2.05, 4.69) is 0 Å². The van der Waals surface area contributed by atoms with Crippen molar-refractivity contribution in [3.05, 3.63) is 34.4 Å². The quantitative estimate of drug-likeness (QED) is 0.359. The molecule has 0 spiro atoms. The van der Waals surface area contributed by atoms with Crippen molar-refractivity contribution in [3.63, 3.8) is 0 Å². The van der Waals surface area contributed by atoms with Gasteiger partial charge in [-0.1, -0.05) is 0 Å². The van der Waals surface area contributed by atoms with E-state index in [0.717, 1.165) is 0 Å². The molecular formula is C14H15NO8. The molecule has 2 fully saturated rings. The lowest BCUT2D eigenvalue weighted by atomic mass is 10.3. The van der Waals surface area contributed by atoms with Gasteiger partial charge in [-0.05, 0) is 12.1 Å². The van der Waals surface area contributed by atoms with Gasteiger partial charge in [-0.2, -0.15) is 0 Å². The molecule has 1 aliphatic heterocycles. The Hall–Kier alpha value is -2.23. The molecular weight excluding hydrogens is 310 g/mol. The van der Waals surface area contributed by atoms with Crippen molar-refractivity contribution in [2.45, 2.75) is 31.2 Å². The molecule has 2 aliphatic rings. The molecule has 9 heteroatoms. The van der Waals surface area contributed by atoms with Gasteiger partial charge >= 0.3 is 6.16 Å². The standard InChI is InChI=1S/C14H15NO8/c16-14(22-10-3-1-9(2-4-10)15(17)18)23-11-5-12-13(6-11)21-8-19-7-20-12/h1-4,11-13H,5-8H2/t11-,12+,13-. The second-order valence-corrected chi connectivity index (χ2v) is 5.16. The predicted molar refractivity (Wildman–Crippen MR) is 73.8 cm³/mol. The molecule has 9 nitrogen and oxygen atoms in total. The Morgan fingerprint density at radius 2 is 1.74 bits per heavy atom. The van der Waals surface area contributed by atoms with Crippen molar-refractivity contribution in [3.8, 4) is 5.75 Å². The molecule has 3 rings (SSSR count). The van der Waals surface area contributed by atoms with Crippen LogP contribution in [0.2, 0.25) is 0 Å². The Balaban J connectivity index is 1.50. The Kier molecular flexibility index (Phi) is 4.70. The van der Waals surface area contributed by atoms with E-state index in [0.29, 0.717) is 12.8 Å². The first-order valence-electron chi connectivity index (χ1n) is 7.05. The number of rotatable bonds is 3. The number of hydrogen-bond donors (Lipinski definition) is 0. The molecule has 23 heavy (non-hydrogen) atoms. The molecule has 0 aromatic heterocycles. The summed E-state index contributed by atoms with van der Waals surface area (Å²) in [6.45, 7) is 0.308. The molecule has 124 valence electrons. The SMILES string of the molecule is O=C(Oc1ccc([N+](=O)[O-])cc1)O[C@@H]1C[C@@H]2OCOCO[C@@H]2C1. The van der Waals surface area contributed by atoms with E-state index in [4.69, 9.17) is 23.7 Å². The molecule has 1 heterocycles. The molecule has 3 atom stereocenters. The topological polar surface area (TPSA) is 106 Å². The first kappa shape index (κ1) is 15.7. The van der Waals surface area contributed by atoms with Crippen molar-refractivity contribution >= 4 is 11.8 Å². The van der Waals surface area contributed by atoms with Crippen LogP contribution in [-0.4, -0.2) is 43.0 Å². The van der Waals surface area contributed by atoms with Gasteiger partial charge in [0.05, 0.1) is 17.1 Å². The second kappa shape index (κ2) is 6.90. The number of non-ortho nitro benzene ring substituents is 1. The third-order valence-corrected chi connectivity index (χ3v) is 3.65. The zero-order valence-corrected chi connectivity index (χ0v) is 12.1. The largest absolute Gasteiger partial charge is 0.514 e. The molecule has 0 amide bonds. The second-order valence-electron chi connectivity index (χ2n) is 5.16. The third kappa shape index (κ3) is 3.95. The highest BCUT2D eigenvalue weighted by atomic mass is 16.8. The summed E-state index contributed by atoms with van der Waals surface area (Å²) in [4.78, 5) is 21.8. The Labute approximate surface area is 131 Å². The van der Waals surface area contributed by atoms with Gasteiger partial charge < -0.3 is 23.7 Å². The van der Waals surface area contributed by atoms with Gasteiger partial charge in [-0.15, -0.1) is 0 Å². The van der Waals surface area contributed by atoms with Crippen molar-refractivity contribution in [2.24, 2.45) is 0 Å². The van der Waals surface area contributed by atoms with E-state index in [1.54, 1.807) is 0 Å². The number of nitrogens with zero attached hydrogens (tertiary/aromatic N) is 1. The van der Waals surface area contributed by atoms with Crippen molar-refractivity contribution < 1.29 is 33.4 Å². The van der Waals surface area contributed by atoms with Crippen LogP contribution < -0.4 is 4.74 Å². The summed E-state index contributed by atoms with van der Waals surface area (Å²) in [6.07, 6.45) is -0.568. The average Bonchev–Trinajstić information content (AvgIpc) is 2.76. The van der Waals surface area contributed by atoms with Gasteiger partial charge in [0.1, 0.15) is 25.4 Å². The van der Waals surface area contributed by atoms with Crippen molar-refractivity contribution in [2.75, 3.05) is 13.6 Å². The summed E-state index contributed by atoms with van der Waals surface area (Å²) in [5.41, 5.74) is -0.0850. The molecule has 1 saturated carbocycles. The van der Waals surface area contributed by atoms with Crippen molar-refractivity contribution in [1.29, 1.82) is 0 Å². The van der Waals surface area contributed by atoms with E-state index in [-0.39, 0.29) is 43.3 Å². The number of benzene rings is 1. The van der Waals surface area contributed by atoms with E-state index in [1.165, 1.54) is 24.3 Å².